The van der Waals surface area contributed by atoms with Crippen molar-refractivity contribution in [2.45, 2.75) is 65.1 Å². The van der Waals surface area contributed by atoms with Gasteiger partial charge in [-0.25, -0.2) is 9.78 Å². The van der Waals surface area contributed by atoms with Crippen molar-refractivity contribution in [1.29, 1.82) is 0 Å². The van der Waals surface area contributed by atoms with Crippen molar-refractivity contribution < 1.29 is 9.53 Å². The highest BCUT2D eigenvalue weighted by molar-refractivity contribution is 5.76. The van der Waals surface area contributed by atoms with Gasteiger partial charge in [-0.15, -0.1) is 0 Å². The maximum absolute atomic E-state index is 13.6. The average Bonchev–Trinajstić information content (AvgIpc) is 2.85. The Bertz CT molecular complexity index is 1240. The first-order valence-corrected chi connectivity index (χ1v) is 12.7. The average molecular weight is 492 g/mol. The van der Waals surface area contributed by atoms with E-state index in [2.05, 4.69) is 43.0 Å². The van der Waals surface area contributed by atoms with E-state index in [1.807, 2.05) is 34.9 Å². The van der Waals surface area contributed by atoms with E-state index in [0.717, 1.165) is 37.2 Å². The summed E-state index contributed by atoms with van der Waals surface area (Å²) in [4.78, 5) is 37.4. The minimum absolute atomic E-state index is 0.0121. The zero-order valence-corrected chi connectivity index (χ0v) is 21.7. The Hall–Kier alpha value is -3.26. The molecule has 8 nitrogen and oxygen atoms in total. The molecule has 1 N–H and O–H groups in total. The second-order valence-electron chi connectivity index (χ2n) is 10.9. The number of ether oxygens (including phenoxy) is 1. The molecule has 3 heterocycles. The smallest absolute Gasteiger partial charge is 0.407 e. The molecule has 3 aromatic rings. The molecule has 1 fully saturated rings. The topological polar surface area (TPSA) is 89.4 Å². The van der Waals surface area contributed by atoms with Crippen LogP contribution < -0.4 is 10.9 Å². The monoisotopic (exact) mass is 491 g/mol. The molecular formula is C28H37N5O3. The first-order valence-electron chi connectivity index (χ1n) is 12.7. The van der Waals surface area contributed by atoms with E-state index >= 15 is 0 Å². The van der Waals surface area contributed by atoms with Crippen LogP contribution in [0.3, 0.4) is 0 Å². The van der Waals surface area contributed by atoms with Gasteiger partial charge in [0.1, 0.15) is 12.4 Å². The van der Waals surface area contributed by atoms with E-state index in [1.54, 1.807) is 18.5 Å². The first-order chi connectivity index (χ1) is 17.2. The van der Waals surface area contributed by atoms with Gasteiger partial charge in [0.05, 0.1) is 17.1 Å². The Balaban J connectivity index is 1.52. The van der Waals surface area contributed by atoms with Crippen LogP contribution in [0.1, 0.15) is 57.3 Å². The van der Waals surface area contributed by atoms with Crippen molar-refractivity contribution in [1.82, 2.24) is 24.8 Å². The van der Waals surface area contributed by atoms with Gasteiger partial charge in [-0.05, 0) is 49.9 Å². The largest absolute Gasteiger partial charge is 0.445 e. The molecule has 0 radical (unpaired) electrons. The lowest BCUT2D eigenvalue weighted by molar-refractivity contribution is 0.128. The molecule has 2 aromatic heterocycles. The van der Waals surface area contributed by atoms with E-state index in [1.165, 1.54) is 0 Å². The third-order valence-electron chi connectivity index (χ3n) is 6.73. The Morgan fingerprint density at radius 1 is 1.19 bits per heavy atom. The zero-order valence-electron chi connectivity index (χ0n) is 21.7. The molecule has 1 aromatic carbocycles. The number of benzene rings is 1. The lowest BCUT2D eigenvalue weighted by Crippen LogP contribution is -2.46. The van der Waals surface area contributed by atoms with Gasteiger partial charge in [0.2, 0.25) is 0 Å². The fraction of sp³-hybridized carbons (Fsp3) is 0.500. The van der Waals surface area contributed by atoms with Crippen LogP contribution in [0, 0.1) is 5.41 Å². The number of likely N-dealkylation sites (tertiary alicyclic amines) is 1. The second kappa shape index (κ2) is 11.2. The number of carbonyl (C=O) groups excluding carboxylic acids is 1. The van der Waals surface area contributed by atoms with Gasteiger partial charge < -0.3 is 15.0 Å². The number of hydrogen-bond acceptors (Lipinski definition) is 6. The van der Waals surface area contributed by atoms with Crippen molar-refractivity contribution in [3.05, 3.63) is 70.5 Å². The van der Waals surface area contributed by atoms with Crippen LogP contribution in [0.4, 0.5) is 4.79 Å². The lowest BCUT2D eigenvalue weighted by Gasteiger charge is -2.40. The standard InChI is InChI=1S/C28H37N5O3/c1-28(2,3)19-33-25(31-23-17-29-14-12-21(23)26(33)34)22-11-8-16-32(4)24(22)13-15-30-27(35)36-18-20-9-6-5-7-10-20/h5-7,9-10,12,14,17,22,24H,8,11,13,15-16,18-19H2,1-4H3,(H,30,35). The molecule has 1 aliphatic heterocycles. The minimum atomic E-state index is -0.423. The summed E-state index contributed by atoms with van der Waals surface area (Å²) in [6.07, 6.45) is 5.60. The molecule has 0 spiro atoms. The summed E-state index contributed by atoms with van der Waals surface area (Å²) in [6.45, 7) is 8.69. The van der Waals surface area contributed by atoms with Crippen LogP contribution in [-0.4, -0.2) is 51.7 Å². The van der Waals surface area contributed by atoms with Gasteiger partial charge in [-0.2, -0.15) is 0 Å². The Morgan fingerprint density at radius 2 is 1.97 bits per heavy atom. The van der Waals surface area contributed by atoms with Crippen molar-refractivity contribution in [2.24, 2.45) is 5.41 Å². The molecule has 0 saturated carbocycles. The number of alkyl carbamates (subject to hydrolysis) is 1. The summed E-state index contributed by atoms with van der Waals surface area (Å²) in [5.41, 5.74) is 1.49. The van der Waals surface area contributed by atoms with E-state index in [0.29, 0.717) is 24.0 Å². The highest BCUT2D eigenvalue weighted by Gasteiger charge is 2.34. The SMILES string of the molecule is CN1CCCC(c2nc3cnccc3c(=O)n2CC(C)(C)C)C1CCNC(=O)OCc1ccccc1. The summed E-state index contributed by atoms with van der Waals surface area (Å²) in [6, 6.07) is 11.5. The number of piperidine rings is 1. The maximum Gasteiger partial charge on any atom is 0.407 e. The van der Waals surface area contributed by atoms with E-state index < -0.39 is 6.09 Å². The van der Waals surface area contributed by atoms with E-state index in [-0.39, 0.29) is 29.5 Å². The number of hydrogen-bond donors (Lipinski definition) is 1. The molecule has 36 heavy (non-hydrogen) atoms. The number of pyridine rings is 1. The summed E-state index contributed by atoms with van der Waals surface area (Å²) in [5, 5.41) is 3.50. The van der Waals surface area contributed by atoms with Gasteiger partial charge in [0, 0.05) is 31.2 Å². The van der Waals surface area contributed by atoms with Crippen molar-refractivity contribution in [3.63, 3.8) is 0 Å². The number of fused-ring (bicyclic) bond motifs is 1. The summed E-state index contributed by atoms with van der Waals surface area (Å²) >= 11 is 0. The second-order valence-corrected chi connectivity index (χ2v) is 10.9. The number of aromatic nitrogens is 3. The van der Waals surface area contributed by atoms with Crippen molar-refractivity contribution >= 4 is 17.0 Å². The predicted molar refractivity (Wildman–Crippen MR) is 141 cm³/mol. The van der Waals surface area contributed by atoms with Crippen molar-refractivity contribution in [3.8, 4) is 0 Å². The van der Waals surface area contributed by atoms with Crippen LogP contribution in [0.5, 0.6) is 0 Å². The lowest BCUT2D eigenvalue weighted by atomic mass is 9.86. The summed E-state index contributed by atoms with van der Waals surface area (Å²) in [5.74, 6) is 0.893. The minimum Gasteiger partial charge on any atom is -0.445 e. The fourth-order valence-corrected chi connectivity index (χ4v) is 5.04. The van der Waals surface area contributed by atoms with Crippen molar-refractivity contribution in [2.75, 3.05) is 20.1 Å². The summed E-state index contributed by atoms with van der Waals surface area (Å²) < 4.78 is 7.24. The van der Waals surface area contributed by atoms with Gasteiger partial charge >= 0.3 is 6.09 Å². The molecule has 1 saturated heterocycles. The third kappa shape index (κ3) is 6.29. The third-order valence-corrected chi connectivity index (χ3v) is 6.73. The molecule has 2 atom stereocenters. The quantitative estimate of drug-likeness (QED) is 0.529. The number of nitrogens with one attached hydrogen (secondary N) is 1. The van der Waals surface area contributed by atoms with Crippen LogP contribution in [0.15, 0.2) is 53.6 Å². The number of amides is 1. The molecule has 1 amide bonds. The highest BCUT2D eigenvalue weighted by Crippen LogP contribution is 2.33. The Labute approximate surface area is 212 Å². The number of nitrogens with zero attached hydrogens (tertiary/aromatic N) is 4. The molecule has 0 bridgehead atoms. The van der Waals surface area contributed by atoms with Crippen LogP contribution in [0.25, 0.3) is 10.9 Å². The molecule has 2 unspecified atom stereocenters. The molecular weight excluding hydrogens is 454 g/mol. The Morgan fingerprint density at radius 3 is 2.72 bits per heavy atom. The van der Waals surface area contributed by atoms with Crippen LogP contribution in [-0.2, 0) is 17.9 Å². The maximum atomic E-state index is 13.6. The number of rotatable bonds is 7. The number of carbonyl (C=O) groups is 1. The predicted octanol–water partition coefficient (Wildman–Crippen LogP) is 4.33. The van der Waals surface area contributed by atoms with Gasteiger partial charge in [-0.3, -0.25) is 14.3 Å². The van der Waals surface area contributed by atoms with E-state index in [4.69, 9.17) is 9.72 Å². The molecule has 0 aliphatic carbocycles. The molecule has 192 valence electrons. The highest BCUT2D eigenvalue weighted by atomic mass is 16.5. The molecule has 4 rings (SSSR count). The Kier molecular flexibility index (Phi) is 8.04. The fourth-order valence-electron chi connectivity index (χ4n) is 5.04. The van der Waals surface area contributed by atoms with Gasteiger partial charge in [0.15, 0.2) is 0 Å². The molecule has 8 heteroatoms. The normalized spacial score (nSPS) is 18.8. The first kappa shape index (κ1) is 25.8. The van der Waals surface area contributed by atoms with Crippen LogP contribution in [0.2, 0.25) is 0 Å². The van der Waals surface area contributed by atoms with E-state index in [9.17, 15) is 9.59 Å². The zero-order chi connectivity index (χ0) is 25.7. The molecule has 1 aliphatic rings. The number of likely N-dealkylation sites (N-methyl/N-ethyl adjacent to an activating group) is 1. The summed E-state index contributed by atoms with van der Waals surface area (Å²) in [7, 11) is 2.11. The van der Waals surface area contributed by atoms with Gasteiger partial charge in [0.25, 0.3) is 5.56 Å². The van der Waals surface area contributed by atoms with Crippen LogP contribution >= 0.6 is 0 Å². The van der Waals surface area contributed by atoms with Gasteiger partial charge in [-0.1, -0.05) is 51.1 Å².